The average molecular weight is 633 g/mol. The van der Waals surface area contributed by atoms with Crippen molar-refractivity contribution in [1.82, 2.24) is 15.0 Å². The maximum atomic E-state index is 14.2. The molecule has 2 aliphatic rings. The van der Waals surface area contributed by atoms with Crippen LogP contribution in [0.25, 0.3) is 11.3 Å². The lowest BCUT2D eigenvalue weighted by atomic mass is 9.91. The number of carbonyl (C=O) groups excluding carboxylic acids is 1. The molecule has 0 radical (unpaired) electrons. The number of anilines is 1. The maximum absolute atomic E-state index is 14.2. The van der Waals surface area contributed by atoms with Crippen molar-refractivity contribution in [3.8, 4) is 11.3 Å². The van der Waals surface area contributed by atoms with Crippen molar-refractivity contribution in [2.75, 3.05) is 31.8 Å². The first-order valence-electron chi connectivity index (χ1n) is 12.6. The molecule has 2 saturated heterocycles. The Hall–Kier alpha value is -2.82. The summed E-state index contributed by atoms with van der Waals surface area (Å²) in [7, 11) is 1.25. The number of rotatable bonds is 7. The van der Waals surface area contributed by atoms with E-state index in [1.165, 1.54) is 36.4 Å². The van der Waals surface area contributed by atoms with Gasteiger partial charge in [0.25, 0.3) is 5.91 Å². The molecule has 1 amide bonds. The van der Waals surface area contributed by atoms with E-state index in [4.69, 9.17) is 37.4 Å². The second-order valence-electron chi connectivity index (χ2n) is 9.80. The first-order chi connectivity index (χ1) is 20.0. The monoisotopic (exact) mass is 632 g/mol. The molecule has 11 nitrogen and oxygen atoms in total. The van der Waals surface area contributed by atoms with E-state index >= 15 is 0 Å². The maximum Gasteiger partial charge on any atom is 0.259 e. The Morgan fingerprint density at radius 2 is 1.79 bits per heavy atom. The molecule has 0 aliphatic carbocycles. The average Bonchev–Trinajstić information content (AvgIpc) is 3.60. The van der Waals surface area contributed by atoms with E-state index in [0.29, 0.717) is 0 Å². The summed E-state index contributed by atoms with van der Waals surface area (Å²) >= 11 is 12.4. The summed E-state index contributed by atoms with van der Waals surface area (Å²) in [5, 5.41) is 40.0. The molecule has 3 heterocycles. The second kappa shape index (κ2) is 12.4. The van der Waals surface area contributed by atoms with Gasteiger partial charge in [-0.3, -0.25) is 4.79 Å². The summed E-state index contributed by atoms with van der Waals surface area (Å²) in [5.74, 6) is -5.27. The first-order valence-corrected chi connectivity index (χ1v) is 13.4. The van der Waals surface area contributed by atoms with Crippen LogP contribution in [-0.2, 0) is 19.0 Å². The molecule has 5 rings (SSSR count). The highest BCUT2D eigenvalue weighted by atomic mass is 35.5. The third-order valence-corrected chi connectivity index (χ3v) is 7.63. The lowest BCUT2D eigenvalue weighted by Crippen LogP contribution is -2.63. The van der Waals surface area contributed by atoms with Crippen molar-refractivity contribution in [2.45, 2.75) is 42.6 Å². The topological polar surface area (TPSA) is 139 Å². The van der Waals surface area contributed by atoms with Crippen LogP contribution in [0.5, 0.6) is 0 Å². The standard InChI is InChI=1S/C26H25Cl2F3N4O7/c1-40-24-22(34-7-17(32-33-34)11-2-15(29)21(31)16(30)3-11)23(38)20(8-36)42-25(24)26(39)35(18-9-41-10-19(18)37)14-5-12(27)4-13(28)6-14/h2-7,18-20,22-25,36-38H,8-10H2,1H3/t18-,19-,20?,22?,23?,24?,25?/m1/s1. The minimum Gasteiger partial charge on any atom is -0.394 e. The Morgan fingerprint density at radius 3 is 2.36 bits per heavy atom. The van der Waals surface area contributed by atoms with Crippen molar-refractivity contribution in [3.63, 3.8) is 0 Å². The largest absolute Gasteiger partial charge is 0.394 e. The first kappa shape index (κ1) is 30.6. The number of aliphatic hydroxyl groups excluding tert-OH is 3. The summed E-state index contributed by atoms with van der Waals surface area (Å²) in [6.07, 6.45) is -5.47. The van der Waals surface area contributed by atoms with Crippen molar-refractivity contribution in [1.29, 1.82) is 0 Å². The molecule has 2 aromatic carbocycles. The fourth-order valence-corrected chi connectivity index (χ4v) is 5.71. The van der Waals surface area contributed by atoms with E-state index in [0.717, 1.165) is 16.8 Å². The van der Waals surface area contributed by atoms with Gasteiger partial charge in [0.05, 0.1) is 32.1 Å². The molecular formula is C26H25Cl2F3N4O7. The number of halogens is 5. The molecule has 226 valence electrons. The van der Waals surface area contributed by atoms with E-state index in [9.17, 15) is 33.3 Å². The van der Waals surface area contributed by atoms with Crippen LogP contribution in [0.1, 0.15) is 6.04 Å². The summed E-state index contributed by atoms with van der Waals surface area (Å²) in [4.78, 5) is 15.5. The zero-order valence-electron chi connectivity index (χ0n) is 21.8. The van der Waals surface area contributed by atoms with Gasteiger partial charge in [0.1, 0.15) is 36.2 Å². The fourth-order valence-electron chi connectivity index (χ4n) is 5.19. The lowest BCUT2D eigenvalue weighted by molar-refractivity contribution is -0.211. The van der Waals surface area contributed by atoms with Gasteiger partial charge in [-0.05, 0) is 30.3 Å². The van der Waals surface area contributed by atoms with Crippen molar-refractivity contribution in [3.05, 3.63) is 64.0 Å². The third-order valence-electron chi connectivity index (χ3n) is 7.19. The van der Waals surface area contributed by atoms with Crippen molar-refractivity contribution in [2.24, 2.45) is 0 Å². The van der Waals surface area contributed by atoms with Crippen LogP contribution in [-0.4, -0.2) is 99.7 Å². The van der Waals surface area contributed by atoms with Gasteiger partial charge in [0.2, 0.25) is 0 Å². The SMILES string of the molecule is COC1C(C(=O)N(c2cc(Cl)cc(Cl)c2)[C@@H]2COC[C@H]2O)OC(CO)C(O)C1n1cc(-c2cc(F)c(F)c(F)c2)nn1. The minimum atomic E-state index is -1.65. The number of ether oxygens (including phenoxy) is 3. The minimum absolute atomic E-state index is 0.0336. The number of carbonyl (C=O) groups is 1. The molecule has 42 heavy (non-hydrogen) atoms. The summed E-state index contributed by atoms with van der Waals surface area (Å²) in [5.41, 5.74) is 0.00190. The number of nitrogens with zero attached hydrogens (tertiary/aromatic N) is 4. The van der Waals surface area contributed by atoms with E-state index in [2.05, 4.69) is 10.3 Å². The highest BCUT2D eigenvalue weighted by molar-refractivity contribution is 6.35. The Balaban J connectivity index is 1.54. The Labute approximate surface area is 246 Å². The van der Waals surface area contributed by atoms with Gasteiger partial charge in [-0.1, -0.05) is 28.4 Å². The van der Waals surface area contributed by atoms with Gasteiger partial charge in [-0.15, -0.1) is 5.10 Å². The quantitative estimate of drug-likeness (QED) is 0.334. The number of hydrogen-bond acceptors (Lipinski definition) is 9. The van der Waals surface area contributed by atoms with Crippen LogP contribution in [0, 0.1) is 17.5 Å². The number of methoxy groups -OCH3 is 1. The van der Waals surface area contributed by atoms with E-state index < -0.39 is 72.6 Å². The highest BCUT2D eigenvalue weighted by Gasteiger charge is 2.52. The van der Waals surface area contributed by atoms with Gasteiger partial charge in [-0.25, -0.2) is 17.9 Å². The molecule has 7 atom stereocenters. The molecule has 0 bridgehead atoms. The third kappa shape index (κ3) is 5.73. The number of benzene rings is 2. The predicted octanol–water partition coefficient (Wildman–Crippen LogP) is 2.14. The van der Waals surface area contributed by atoms with Crippen LogP contribution in [0.4, 0.5) is 18.9 Å². The van der Waals surface area contributed by atoms with E-state index in [-0.39, 0.29) is 40.2 Å². The van der Waals surface area contributed by atoms with Crippen molar-refractivity contribution >= 4 is 34.8 Å². The lowest BCUT2D eigenvalue weighted by Gasteiger charge is -2.45. The summed E-state index contributed by atoms with van der Waals surface area (Å²) in [6.45, 7) is -0.797. The molecule has 1 aromatic heterocycles. The Kier molecular flexibility index (Phi) is 9.06. The Morgan fingerprint density at radius 1 is 1.12 bits per heavy atom. The molecule has 3 aromatic rings. The number of hydrogen-bond donors (Lipinski definition) is 3. The molecule has 5 unspecified atom stereocenters. The highest BCUT2D eigenvalue weighted by Crippen LogP contribution is 2.36. The van der Waals surface area contributed by atoms with Crippen molar-refractivity contribution < 1.29 is 47.5 Å². The molecule has 16 heteroatoms. The fraction of sp³-hybridized carbons (Fsp3) is 0.423. The van der Waals surface area contributed by atoms with Gasteiger partial charge in [0, 0.05) is 28.4 Å². The second-order valence-corrected chi connectivity index (χ2v) is 10.7. The van der Waals surface area contributed by atoms with Crippen LogP contribution in [0.3, 0.4) is 0 Å². The molecular weight excluding hydrogens is 608 g/mol. The predicted molar refractivity (Wildman–Crippen MR) is 141 cm³/mol. The molecule has 2 aliphatic heterocycles. The number of aromatic nitrogens is 3. The van der Waals surface area contributed by atoms with Gasteiger partial charge < -0.3 is 34.4 Å². The smallest absolute Gasteiger partial charge is 0.259 e. The van der Waals surface area contributed by atoms with Gasteiger partial charge >= 0.3 is 0 Å². The van der Waals surface area contributed by atoms with Gasteiger partial charge in [-0.2, -0.15) is 0 Å². The molecule has 2 fully saturated rings. The van der Waals surface area contributed by atoms with Crippen LogP contribution < -0.4 is 4.90 Å². The summed E-state index contributed by atoms with van der Waals surface area (Å²) in [6, 6.07) is 3.73. The van der Waals surface area contributed by atoms with Crippen LogP contribution in [0.15, 0.2) is 36.5 Å². The van der Waals surface area contributed by atoms with E-state index in [1.54, 1.807) is 0 Å². The number of amides is 1. The van der Waals surface area contributed by atoms with Crippen LogP contribution >= 0.6 is 23.2 Å². The van der Waals surface area contributed by atoms with Crippen LogP contribution in [0.2, 0.25) is 10.0 Å². The van der Waals surface area contributed by atoms with E-state index in [1.807, 2.05) is 0 Å². The normalized spacial score (nSPS) is 27.8. The Bertz CT molecular complexity index is 1420. The zero-order chi connectivity index (χ0) is 30.3. The zero-order valence-corrected chi connectivity index (χ0v) is 23.3. The summed E-state index contributed by atoms with van der Waals surface area (Å²) < 4.78 is 59.2. The molecule has 0 saturated carbocycles. The molecule has 0 spiro atoms. The number of aliphatic hydroxyl groups is 3. The van der Waals surface area contributed by atoms with Gasteiger partial charge in [0.15, 0.2) is 23.6 Å². The molecule has 3 N–H and O–H groups in total.